The molecule has 0 aliphatic rings. The van der Waals surface area contributed by atoms with Gasteiger partial charge in [0.15, 0.2) is 4.34 Å². The Bertz CT molecular complexity index is 837. The SMILES string of the molecule is CC[C@@H](C(=O)Nc1nnc(SC(C)C)s1)N(c1ccccc1)S(C)(=O)=O. The van der Waals surface area contributed by atoms with E-state index in [0.717, 1.165) is 14.9 Å². The van der Waals surface area contributed by atoms with E-state index < -0.39 is 22.0 Å². The fraction of sp³-hybridized carbons (Fsp3) is 0.438. The average molecular weight is 415 g/mol. The number of hydrogen-bond acceptors (Lipinski definition) is 7. The Kier molecular flexibility index (Phi) is 7.01. The minimum absolute atomic E-state index is 0.320. The van der Waals surface area contributed by atoms with Crippen molar-refractivity contribution in [3.05, 3.63) is 30.3 Å². The molecule has 7 nitrogen and oxygen atoms in total. The number of carbonyl (C=O) groups is 1. The van der Waals surface area contributed by atoms with Crippen LogP contribution in [0.25, 0.3) is 0 Å². The molecule has 26 heavy (non-hydrogen) atoms. The lowest BCUT2D eigenvalue weighted by molar-refractivity contribution is -0.117. The molecule has 0 aliphatic heterocycles. The van der Waals surface area contributed by atoms with Gasteiger partial charge in [-0.2, -0.15) is 0 Å². The maximum atomic E-state index is 12.8. The van der Waals surface area contributed by atoms with Crippen LogP contribution in [-0.4, -0.2) is 42.1 Å². The summed E-state index contributed by atoms with van der Waals surface area (Å²) in [5.74, 6) is -0.431. The van der Waals surface area contributed by atoms with Gasteiger partial charge in [-0.25, -0.2) is 8.42 Å². The van der Waals surface area contributed by atoms with Crippen LogP contribution < -0.4 is 9.62 Å². The van der Waals surface area contributed by atoms with Crippen molar-refractivity contribution in [2.45, 2.75) is 42.8 Å². The largest absolute Gasteiger partial charge is 0.299 e. The Morgan fingerprint density at radius 2 is 1.92 bits per heavy atom. The lowest BCUT2D eigenvalue weighted by atomic mass is 10.2. The van der Waals surface area contributed by atoms with Crippen LogP contribution >= 0.6 is 23.1 Å². The topological polar surface area (TPSA) is 92.3 Å². The molecule has 1 aromatic heterocycles. The van der Waals surface area contributed by atoms with E-state index >= 15 is 0 Å². The number of aromatic nitrogens is 2. The van der Waals surface area contributed by atoms with Crippen molar-refractivity contribution in [3.63, 3.8) is 0 Å². The summed E-state index contributed by atoms with van der Waals surface area (Å²) < 4.78 is 26.6. The molecule has 0 unspecified atom stereocenters. The number of nitrogens with one attached hydrogen (secondary N) is 1. The fourth-order valence-corrected chi connectivity index (χ4v) is 5.52. The van der Waals surface area contributed by atoms with Crippen molar-refractivity contribution in [1.82, 2.24) is 10.2 Å². The molecular weight excluding hydrogens is 392 g/mol. The van der Waals surface area contributed by atoms with Crippen molar-refractivity contribution in [3.8, 4) is 0 Å². The first-order chi connectivity index (χ1) is 12.2. The van der Waals surface area contributed by atoms with Gasteiger partial charge in [0, 0.05) is 5.25 Å². The summed E-state index contributed by atoms with van der Waals surface area (Å²) in [4.78, 5) is 12.8. The van der Waals surface area contributed by atoms with Crippen molar-refractivity contribution >= 4 is 49.8 Å². The average Bonchev–Trinajstić information content (AvgIpc) is 2.98. The van der Waals surface area contributed by atoms with Gasteiger partial charge in [-0.15, -0.1) is 10.2 Å². The van der Waals surface area contributed by atoms with Gasteiger partial charge in [-0.05, 0) is 18.6 Å². The van der Waals surface area contributed by atoms with Crippen LogP contribution in [0.5, 0.6) is 0 Å². The molecule has 0 aliphatic carbocycles. The minimum Gasteiger partial charge on any atom is -0.299 e. The van der Waals surface area contributed by atoms with Crippen LogP contribution in [0.3, 0.4) is 0 Å². The van der Waals surface area contributed by atoms with Gasteiger partial charge in [0.2, 0.25) is 21.1 Å². The highest BCUT2D eigenvalue weighted by atomic mass is 32.2. The zero-order chi connectivity index (χ0) is 19.3. The van der Waals surface area contributed by atoms with E-state index in [9.17, 15) is 13.2 Å². The summed E-state index contributed by atoms with van der Waals surface area (Å²) in [6.07, 6.45) is 1.42. The van der Waals surface area contributed by atoms with Gasteiger partial charge in [-0.1, -0.05) is 62.1 Å². The molecule has 0 bridgehead atoms. The van der Waals surface area contributed by atoms with Crippen molar-refractivity contribution < 1.29 is 13.2 Å². The standard InChI is InChI=1S/C16H22N4O3S3/c1-5-13(20(26(4,22)23)12-9-7-6-8-10-12)14(21)17-15-18-19-16(25-15)24-11(2)3/h6-11,13H,5H2,1-4H3,(H,17,18,21)/t13-/m0/s1. The van der Waals surface area contributed by atoms with Crippen molar-refractivity contribution in [1.29, 1.82) is 0 Å². The van der Waals surface area contributed by atoms with Crippen LogP contribution in [-0.2, 0) is 14.8 Å². The monoisotopic (exact) mass is 414 g/mol. The van der Waals surface area contributed by atoms with Crippen molar-refractivity contribution in [2.75, 3.05) is 15.9 Å². The number of benzene rings is 1. The molecule has 1 aromatic carbocycles. The Morgan fingerprint density at radius 1 is 1.27 bits per heavy atom. The summed E-state index contributed by atoms with van der Waals surface area (Å²) in [7, 11) is -3.64. The van der Waals surface area contributed by atoms with Gasteiger partial charge in [0.1, 0.15) is 6.04 Å². The van der Waals surface area contributed by atoms with Gasteiger partial charge < -0.3 is 0 Å². The molecule has 0 spiro atoms. The van der Waals surface area contributed by atoms with Crippen LogP contribution in [0.1, 0.15) is 27.2 Å². The second-order valence-electron chi connectivity index (χ2n) is 5.85. The van der Waals surface area contributed by atoms with E-state index in [-0.39, 0.29) is 0 Å². The smallest absolute Gasteiger partial charge is 0.250 e. The molecule has 1 N–H and O–H groups in total. The van der Waals surface area contributed by atoms with Crippen LogP contribution in [0.2, 0.25) is 0 Å². The summed E-state index contributed by atoms with van der Waals surface area (Å²) in [6, 6.07) is 7.72. The van der Waals surface area contributed by atoms with Gasteiger partial charge in [0.05, 0.1) is 11.9 Å². The zero-order valence-electron chi connectivity index (χ0n) is 15.0. The molecule has 2 aromatic rings. The molecule has 0 fully saturated rings. The summed E-state index contributed by atoms with van der Waals surface area (Å²) in [6.45, 7) is 5.86. The summed E-state index contributed by atoms with van der Waals surface area (Å²) in [5.41, 5.74) is 0.449. The first kappa shape index (κ1) is 20.7. The second kappa shape index (κ2) is 8.83. The van der Waals surface area contributed by atoms with Gasteiger partial charge in [-0.3, -0.25) is 14.4 Å². The maximum Gasteiger partial charge on any atom is 0.250 e. The van der Waals surface area contributed by atoms with Crippen LogP contribution in [0, 0.1) is 0 Å². The lowest BCUT2D eigenvalue weighted by Crippen LogP contribution is -2.46. The molecular formula is C16H22N4O3S3. The molecule has 0 saturated carbocycles. The van der Waals surface area contributed by atoms with E-state index in [1.807, 2.05) is 13.8 Å². The highest BCUT2D eigenvalue weighted by Gasteiger charge is 2.31. The van der Waals surface area contributed by atoms with E-state index in [2.05, 4.69) is 15.5 Å². The number of thioether (sulfide) groups is 1. The minimum atomic E-state index is -3.64. The quantitative estimate of drug-likeness (QED) is 0.527. The molecule has 0 radical (unpaired) electrons. The highest BCUT2D eigenvalue weighted by molar-refractivity contribution is 8.01. The third kappa shape index (κ3) is 5.42. The van der Waals surface area contributed by atoms with Crippen molar-refractivity contribution in [2.24, 2.45) is 0 Å². The molecule has 1 atom stereocenters. The number of carbonyl (C=O) groups excluding carboxylic acids is 1. The van der Waals surface area contributed by atoms with Crippen LogP contribution in [0.4, 0.5) is 10.8 Å². The van der Waals surface area contributed by atoms with E-state index in [1.54, 1.807) is 49.0 Å². The molecule has 2 rings (SSSR count). The van der Waals surface area contributed by atoms with Gasteiger partial charge in [0.25, 0.3) is 0 Å². The first-order valence-electron chi connectivity index (χ1n) is 8.07. The molecule has 0 saturated heterocycles. The normalized spacial score (nSPS) is 12.8. The number of nitrogens with zero attached hydrogens (tertiary/aromatic N) is 3. The van der Waals surface area contributed by atoms with Crippen LogP contribution in [0.15, 0.2) is 34.7 Å². The fourth-order valence-electron chi connectivity index (χ4n) is 2.33. The Hall–Kier alpha value is -1.65. The number of sulfonamides is 1. The molecule has 10 heteroatoms. The number of anilines is 2. The predicted molar refractivity (Wildman–Crippen MR) is 107 cm³/mol. The van der Waals surface area contributed by atoms with E-state index in [1.165, 1.54) is 11.3 Å². The third-order valence-corrected chi connectivity index (χ3v) is 6.42. The number of amides is 1. The third-order valence-electron chi connectivity index (χ3n) is 3.31. The van der Waals surface area contributed by atoms with Gasteiger partial charge >= 0.3 is 0 Å². The predicted octanol–water partition coefficient (Wildman–Crippen LogP) is 3.22. The Labute approximate surface area is 162 Å². The molecule has 1 amide bonds. The Balaban J connectivity index is 2.24. The lowest BCUT2D eigenvalue weighted by Gasteiger charge is -2.29. The second-order valence-corrected chi connectivity index (χ2v) is 10.5. The van der Waals surface area contributed by atoms with E-state index in [0.29, 0.717) is 22.5 Å². The molecule has 142 valence electrons. The zero-order valence-corrected chi connectivity index (χ0v) is 17.5. The summed E-state index contributed by atoms with van der Waals surface area (Å²) in [5, 5.41) is 11.4. The Morgan fingerprint density at radius 3 is 2.46 bits per heavy atom. The number of para-hydroxylation sites is 1. The first-order valence-corrected chi connectivity index (χ1v) is 11.6. The molecule has 1 heterocycles. The number of hydrogen-bond donors (Lipinski definition) is 1. The highest BCUT2D eigenvalue weighted by Crippen LogP contribution is 2.29. The maximum absolute atomic E-state index is 12.8. The summed E-state index contributed by atoms with van der Waals surface area (Å²) >= 11 is 2.83. The number of rotatable bonds is 8. The van der Waals surface area contributed by atoms with E-state index in [4.69, 9.17) is 0 Å².